The van der Waals surface area contributed by atoms with E-state index in [9.17, 15) is 0 Å². The van der Waals surface area contributed by atoms with Crippen molar-refractivity contribution in [1.29, 1.82) is 0 Å². The normalized spacial score (nSPS) is 10.4. The van der Waals surface area contributed by atoms with Crippen LogP contribution in [0.4, 0.5) is 0 Å². The molecule has 14 heavy (non-hydrogen) atoms. The number of aromatic nitrogens is 1. The maximum Gasteiger partial charge on any atom is 0.174 e. The average molecular weight is 204 g/mol. The molecule has 0 aromatic carbocycles. The maximum atomic E-state index is 2.21. The highest BCUT2D eigenvalue weighted by Gasteiger charge is 2.01. The molecule has 0 saturated heterocycles. The van der Waals surface area contributed by atoms with E-state index in [1.807, 2.05) is 0 Å². The van der Waals surface area contributed by atoms with Gasteiger partial charge < -0.3 is 0 Å². The third kappa shape index (κ3) is 2.20. The topological polar surface area (TPSA) is 3.88 Å². The fourth-order valence-electron chi connectivity index (χ4n) is 1.42. The van der Waals surface area contributed by atoms with Crippen LogP contribution < -0.4 is 4.57 Å². The van der Waals surface area contributed by atoms with E-state index in [0.29, 0.717) is 0 Å². The fourth-order valence-corrected chi connectivity index (χ4v) is 2.08. The van der Waals surface area contributed by atoms with Crippen LogP contribution in [0.15, 0.2) is 41.4 Å². The summed E-state index contributed by atoms with van der Waals surface area (Å²) in [5, 5.41) is 4.32. The Labute approximate surface area is 88.7 Å². The van der Waals surface area contributed by atoms with Crippen molar-refractivity contribution in [3.63, 3.8) is 0 Å². The Bertz CT molecular complexity index is 375. The van der Waals surface area contributed by atoms with Gasteiger partial charge in [-0.2, -0.15) is 11.3 Å². The Morgan fingerprint density at radius 3 is 2.50 bits per heavy atom. The largest absolute Gasteiger partial charge is 0.201 e. The zero-order valence-corrected chi connectivity index (χ0v) is 9.13. The number of nitrogens with zero attached hydrogens (tertiary/aromatic N) is 1. The van der Waals surface area contributed by atoms with Gasteiger partial charge in [-0.1, -0.05) is 6.92 Å². The average Bonchev–Trinajstić information content (AvgIpc) is 2.72. The molecule has 0 aliphatic rings. The summed E-state index contributed by atoms with van der Waals surface area (Å²) in [5.41, 5.74) is 2.77. The van der Waals surface area contributed by atoms with Gasteiger partial charge in [-0.3, -0.25) is 0 Å². The third-order valence-corrected chi connectivity index (χ3v) is 3.05. The summed E-state index contributed by atoms with van der Waals surface area (Å²) in [5.74, 6) is 0. The van der Waals surface area contributed by atoms with Crippen LogP contribution in [0.1, 0.15) is 18.1 Å². The van der Waals surface area contributed by atoms with Crippen molar-refractivity contribution in [2.75, 3.05) is 0 Å². The van der Waals surface area contributed by atoms with E-state index in [2.05, 4.69) is 52.8 Å². The van der Waals surface area contributed by atoms with Crippen molar-refractivity contribution >= 4 is 11.3 Å². The second-order valence-electron chi connectivity index (χ2n) is 3.36. The predicted molar refractivity (Wildman–Crippen MR) is 59.4 cm³/mol. The van der Waals surface area contributed by atoms with Crippen LogP contribution in [-0.4, -0.2) is 0 Å². The Balaban J connectivity index is 2.10. The monoisotopic (exact) mass is 204 g/mol. The minimum absolute atomic E-state index is 0.980. The summed E-state index contributed by atoms with van der Waals surface area (Å²) >= 11 is 1.75. The van der Waals surface area contributed by atoms with Crippen LogP contribution in [0.3, 0.4) is 0 Å². The van der Waals surface area contributed by atoms with Crippen LogP contribution >= 0.6 is 11.3 Å². The highest BCUT2D eigenvalue weighted by atomic mass is 32.1. The molecule has 0 radical (unpaired) electrons. The molecule has 0 unspecified atom stereocenters. The summed E-state index contributed by atoms with van der Waals surface area (Å²) in [4.78, 5) is 0. The van der Waals surface area contributed by atoms with Crippen LogP contribution in [0.5, 0.6) is 0 Å². The second kappa shape index (κ2) is 4.38. The molecular weight excluding hydrogens is 190 g/mol. The summed E-state index contributed by atoms with van der Waals surface area (Å²) in [7, 11) is 0. The molecular formula is C12H14NS+. The molecule has 0 amide bonds. The first kappa shape index (κ1) is 9.41. The molecule has 2 aromatic rings. The quantitative estimate of drug-likeness (QED) is 0.677. The van der Waals surface area contributed by atoms with Crippen LogP contribution in [0.2, 0.25) is 0 Å². The minimum atomic E-state index is 0.980. The van der Waals surface area contributed by atoms with Gasteiger partial charge in [-0.25, -0.2) is 4.57 Å². The molecule has 2 heterocycles. The molecule has 1 nitrogen and oxygen atoms in total. The Hall–Kier alpha value is -1.15. The SMILES string of the molecule is CCc1cc[n+](Cc2ccsc2)cc1. The molecule has 2 aromatic heterocycles. The molecule has 0 N–H and O–H groups in total. The number of aryl methyl sites for hydroxylation is 1. The number of rotatable bonds is 3. The predicted octanol–water partition coefficient (Wildman–Crippen LogP) is 2.65. The molecule has 0 bridgehead atoms. The van der Waals surface area contributed by atoms with Crippen molar-refractivity contribution in [3.05, 3.63) is 52.5 Å². The molecule has 2 rings (SSSR count). The first-order chi connectivity index (χ1) is 6.88. The summed E-state index contributed by atoms with van der Waals surface area (Å²) in [6, 6.07) is 6.55. The van der Waals surface area contributed by atoms with Gasteiger partial charge in [0.05, 0.1) is 0 Å². The van der Waals surface area contributed by atoms with Gasteiger partial charge in [0.1, 0.15) is 0 Å². The summed E-state index contributed by atoms with van der Waals surface area (Å²) in [6.07, 6.45) is 5.41. The van der Waals surface area contributed by atoms with E-state index < -0.39 is 0 Å². The van der Waals surface area contributed by atoms with Gasteiger partial charge in [0.2, 0.25) is 0 Å². The number of hydrogen-bond acceptors (Lipinski definition) is 1. The number of thiophene rings is 1. The molecule has 72 valence electrons. The van der Waals surface area contributed by atoms with Gasteiger partial charge in [0.15, 0.2) is 18.9 Å². The Kier molecular flexibility index (Phi) is 2.94. The minimum Gasteiger partial charge on any atom is -0.201 e. The highest BCUT2D eigenvalue weighted by molar-refractivity contribution is 7.07. The van der Waals surface area contributed by atoms with Gasteiger partial charge in [0, 0.05) is 23.1 Å². The lowest BCUT2D eigenvalue weighted by molar-refractivity contribution is -0.688. The maximum absolute atomic E-state index is 2.21. The molecule has 0 aliphatic carbocycles. The molecule has 0 fully saturated rings. The van der Waals surface area contributed by atoms with E-state index in [4.69, 9.17) is 0 Å². The molecule has 2 heteroatoms. The van der Waals surface area contributed by atoms with Gasteiger partial charge in [-0.05, 0) is 23.4 Å². The van der Waals surface area contributed by atoms with Crippen molar-refractivity contribution in [3.8, 4) is 0 Å². The molecule has 0 spiro atoms. The van der Waals surface area contributed by atoms with Crippen molar-refractivity contribution < 1.29 is 4.57 Å². The summed E-state index contributed by atoms with van der Waals surface area (Å²) < 4.78 is 2.21. The Morgan fingerprint density at radius 2 is 1.93 bits per heavy atom. The van der Waals surface area contributed by atoms with Crippen molar-refractivity contribution in [2.45, 2.75) is 19.9 Å². The Morgan fingerprint density at radius 1 is 1.14 bits per heavy atom. The van der Waals surface area contributed by atoms with E-state index in [-0.39, 0.29) is 0 Å². The molecule has 0 aliphatic heterocycles. The summed E-state index contributed by atoms with van der Waals surface area (Å²) in [6.45, 7) is 3.16. The van der Waals surface area contributed by atoms with Crippen molar-refractivity contribution in [1.82, 2.24) is 0 Å². The van der Waals surface area contributed by atoms with E-state index in [0.717, 1.165) is 13.0 Å². The second-order valence-corrected chi connectivity index (χ2v) is 4.14. The lowest BCUT2D eigenvalue weighted by atomic mass is 10.2. The zero-order chi connectivity index (χ0) is 9.80. The van der Waals surface area contributed by atoms with Crippen LogP contribution in [0, 0.1) is 0 Å². The lowest BCUT2D eigenvalue weighted by Crippen LogP contribution is -2.32. The number of pyridine rings is 1. The third-order valence-electron chi connectivity index (χ3n) is 2.31. The smallest absolute Gasteiger partial charge is 0.174 e. The van der Waals surface area contributed by atoms with Gasteiger partial charge in [0.25, 0.3) is 0 Å². The number of hydrogen-bond donors (Lipinski definition) is 0. The van der Waals surface area contributed by atoms with E-state index in [1.165, 1.54) is 11.1 Å². The van der Waals surface area contributed by atoms with E-state index >= 15 is 0 Å². The molecule has 0 saturated carbocycles. The zero-order valence-electron chi connectivity index (χ0n) is 8.31. The first-order valence-electron chi connectivity index (χ1n) is 4.87. The lowest BCUT2D eigenvalue weighted by Gasteiger charge is -1.96. The van der Waals surface area contributed by atoms with Crippen molar-refractivity contribution in [2.24, 2.45) is 0 Å². The molecule has 0 atom stereocenters. The highest BCUT2D eigenvalue weighted by Crippen LogP contribution is 2.05. The first-order valence-corrected chi connectivity index (χ1v) is 5.82. The van der Waals surface area contributed by atoms with Gasteiger partial charge >= 0.3 is 0 Å². The standard InChI is InChI=1S/C12H14NS/c1-2-11-3-6-13(7-4-11)9-12-5-8-14-10-12/h3-8,10H,2,9H2,1H3/q+1. The van der Waals surface area contributed by atoms with Crippen LogP contribution in [0.25, 0.3) is 0 Å². The van der Waals surface area contributed by atoms with Gasteiger partial charge in [-0.15, -0.1) is 0 Å². The fraction of sp³-hybridized carbons (Fsp3) is 0.250. The van der Waals surface area contributed by atoms with E-state index in [1.54, 1.807) is 11.3 Å². The van der Waals surface area contributed by atoms with Crippen LogP contribution in [-0.2, 0) is 13.0 Å².